The molecule has 0 atom stereocenters. The highest BCUT2D eigenvalue weighted by atomic mass is 19.2. The van der Waals surface area contributed by atoms with E-state index in [0.717, 1.165) is 23.3 Å². The summed E-state index contributed by atoms with van der Waals surface area (Å²) in [6, 6.07) is 11.4. The van der Waals surface area contributed by atoms with Crippen molar-refractivity contribution >= 4 is 5.91 Å². The van der Waals surface area contributed by atoms with Gasteiger partial charge in [-0.2, -0.15) is 0 Å². The van der Waals surface area contributed by atoms with Gasteiger partial charge in [-0.3, -0.25) is 4.79 Å². The van der Waals surface area contributed by atoms with E-state index in [-0.39, 0.29) is 12.3 Å². The van der Waals surface area contributed by atoms with Gasteiger partial charge in [0.15, 0.2) is 11.6 Å². The summed E-state index contributed by atoms with van der Waals surface area (Å²) < 4.78 is 31.0. The van der Waals surface area contributed by atoms with Crippen LogP contribution in [0, 0.1) is 11.6 Å². The topological polar surface area (TPSA) is 38.3 Å². The van der Waals surface area contributed by atoms with Crippen LogP contribution in [0.1, 0.15) is 23.1 Å². The molecule has 0 fully saturated rings. The molecule has 0 aliphatic carbocycles. The van der Waals surface area contributed by atoms with E-state index in [1.807, 2.05) is 24.3 Å². The number of carbonyl (C=O) groups is 1. The van der Waals surface area contributed by atoms with Crippen LogP contribution >= 0.6 is 0 Å². The Morgan fingerprint density at radius 2 is 1.83 bits per heavy atom. The normalized spacial score (nSPS) is 10.6. The van der Waals surface area contributed by atoms with Crippen molar-refractivity contribution in [2.75, 3.05) is 7.11 Å². The van der Waals surface area contributed by atoms with E-state index in [2.05, 4.69) is 5.32 Å². The van der Waals surface area contributed by atoms with Gasteiger partial charge in [-0.15, -0.1) is 0 Å². The van der Waals surface area contributed by atoms with Gasteiger partial charge >= 0.3 is 0 Å². The van der Waals surface area contributed by atoms with Gasteiger partial charge in [0.25, 0.3) is 0 Å². The molecular formula is C18H19F2NO2. The molecule has 0 aromatic heterocycles. The minimum atomic E-state index is -0.891. The van der Waals surface area contributed by atoms with Gasteiger partial charge in [0.1, 0.15) is 0 Å². The monoisotopic (exact) mass is 319 g/mol. The van der Waals surface area contributed by atoms with Crippen LogP contribution in [0.3, 0.4) is 0 Å². The lowest BCUT2D eigenvalue weighted by Gasteiger charge is -2.07. The molecule has 5 heteroatoms. The van der Waals surface area contributed by atoms with Gasteiger partial charge < -0.3 is 10.1 Å². The number of carbonyl (C=O) groups excluding carboxylic acids is 1. The Hall–Kier alpha value is -2.27. The van der Waals surface area contributed by atoms with Crippen LogP contribution in [0.25, 0.3) is 0 Å². The second-order valence-corrected chi connectivity index (χ2v) is 5.28. The summed E-state index contributed by atoms with van der Waals surface area (Å²) in [5.41, 5.74) is 2.63. The first-order chi connectivity index (χ1) is 11.1. The Kier molecular flexibility index (Phi) is 6.23. The van der Waals surface area contributed by atoms with Crippen molar-refractivity contribution in [2.24, 2.45) is 0 Å². The number of nitrogens with one attached hydrogen (secondary N) is 1. The van der Waals surface area contributed by atoms with Crippen LogP contribution in [0.4, 0.5) is 8.78 Å². The smallest absolute Gasteiger partial charge is 0.220 e. The molecule has 1 amide bonds. The molecule has 2 aromatic carbocycles. The Labute approximate surface area is 134 Å². The Balaban J connectivity index is 1.80. The molecule has 1 N–H and O–H groups in total. The maximum Gasteiger partial charge on any atom is 0.220 e. The van der Waals surface area contributed by atoms with Crippen LogP contribution in [0.2, 0.25) is 0 Å². The zero-order chi connectivity index (χ0) is 16.7. The Morgan fingerprint density at radius 1 is 1.04 bits per heavy atom. The molecule has 0 saturated heterocycles. The number of benzene rings is 2. The van der Waals surface area contributed by atoms with E-state index in [1.54, 1.807) is 7.11 Å². The number of hydrogen-bond acceptors (Lipinski definition) is 2. The fourth-order valence-corrected chi connectivity index (χ4v) is 2.24. The fraction of sp³-hybridized carbons (Fsp3) is 0.278. The summed E-state index contributed by atoms with van der Waals surface area (Å²) in [5, 5.41) is 2.82. The van der Waals surface area contributed by atoms with Gasteiger partial charge in [0.2, 0.25) is 5.91 Å². The molecular weight excluding hydrogens is 300 g/mol. The molecule has 122 valence electrons. The molecule has 2 aromatic rings. The van der Waals surface area contributed by atoms with E-state index >= 15 is 0 Å². The number of hydrogen-bond donors (Lipinski definition) is 1. The van der Waals surface area contributed by atoms with E-state index in [0.29, 0.717) is 25.1 Å². The molecule has 2 rings (SSSR count). The second-order valence-electron chi connectivity index (χ2n) is 5.28. The molecule has 3 nitrogen and oxygen atoms in total. The third-order valence-corrected chi connectivity index (χ3v) is 3.42. The number of methoxy groups -OCH3 is 1. The summed E-state index contributed by atoms with van der Waals surface area (Å²) in [6.07, 6.45) is 0.593. The van der Waals surface area contributed by atoms with Crippen LogP contribution < -0.4 is 5.32 Å². The first-order valence-electron chi connectivity index (χ1n) is 7.36. The molecule has 0 unspecified atom stereocenters. The van der Waals surface area contributed by atoms with Crippen molar-refractivity contribution in [1.29, 1.82) is 0 Å². The fourth-order valence-electron chi connectivity index (χ4n) is 2.24. The molecule has 0 aliphatic heterocycles. The SMILES string of the molecule is COCc1cccc(CNC(=O)CCc2ccc(F)c(F)c2)c1. The summed E-state index contributed by atoms with van der Waals surface area (Å²) in [7, 11) is 1.63. The maximum atomic E-state index is 13.1. The second kappa shape index (κ2) is 8.39. The standard InChI is InChI=1S/C18H19F2NO2/c1-23-12-15-4-2-3-14(9-15)11-21-18(22)8-6-13-5-7-16(19)17(20)10-13/h2-5,7,9-10H,6,8,11-12H2,1H3,(H,21,22). The van der Waals surface area contributed by atoms with E-state index in [4.69, 9.17) is 4.74 Å². The molecule has 0 bridgehead atoms. The lowest BCUT2D eigenvalue weighted by Crippen LogP contribution is -2.23. The first kappa shape index (κ1) is 17.1. The number of rotatable bonds is 7. The summed E-state index contributed by atoms with van der Waals surface area (Å²) in [6.45, 7) is 0.950. The number of amides is 1. The molecule has 0 heterocycles. The highest BCUT2D eigenvalue weighted by Crippen LogP contribution is 2.11. The van der Waals surface area contributed by atoms with Crippen molar-refractivity contribution in [2.45, 2.75) is 26.0 Å². The predicted octanol–water partition coefficient (Wildman–Crippen LogP) is 3.36. The van der Waals surface area contributed by atoms with Crippen LogP contribution in [0.5, 0.6) is 0 Å². The van der Waals surface area contributed by atoms with E-state index in [1.165, 1.54) is 6.07 Å². The number of halogens is 2. The summed E-state index contributed by atoms with van der Waals surface area (Å²) >= 11 is 0. The average molecular weight is 319 g/mol. The molecule has 23 heavy (non-hydrogen) atoms. The van der Waals surface area contributed by atoms with Crippen molar-refractivity contribution < 1.29 is 18.3 Å². The maximum absolute atomic E-state index is 13.1. The zero-order valence-corrected chi connectivity index (χ0v) is 12.9. The van der Waals surface area contributed by atoms with Gasteiger partial charge in [0.05, 0.1) is 6.61 Å². The van der Waals surface area contributed by atoms with Gasteiger partial charge in [0, 0.05) is 20.1 Å². The quantitative estimate of drug-likeness (QED) is 0.850. The Morgan fingerprint density at radius 3 is 2.57 bits per heavy atom. The van der Waals surface area contributed by atoms with E-state index in [9.17, 15) is 13.6 Å². The Bertz CT molecular complexity index is 674. The van der Waals surface area contributed by atoms with Gasteiger partial charge in [-0.1, -0.05) is 30.3 Å². The zero-order valence-electron chi connectivity index (χ0n) is 12.9. The summed E-state index contributed by atoms with van der Waals surface area (Å²) in [5.74, 6) is -1.90. The van der Waals surface area contributed by atoms with Crippen molar-refractivity contribution in [3.05, 3.63) is 70.8 Å². The third kappa shape index (κ3) is 5.45. The van der Waals surface area contributed by atoms with Gasteiger partial charge in [-0.25, -0.2) is 8.78 Å². The summed E-state index contributed by atoms with van der Waals surface area (Å²) in [4.78, 5) is 11.8. The van der Waals surface area contributed by atoms with E-state index < -0.39 is 11.6 Å². The molecule has 0 radical (unpaired) electrons. The predicted molar refractivity (Wildman–Crippen MR) is 83.7 cm³/mol. The largest absolute Gasteiger partial charge is 0.380 e. The number of aryl methyl sites for hydroxylation is 1. The first-order valence-corrected chi connectivity index (χ1v) is 7.36. The van der Waals surface area contributed by atoms with Crippen molar-refractivity contribution in [3.63, 3.8) is 0 Å². The highest BCUT2D eigenvalue weighted by molar-refractivity contribution is 5.76. The lowest BCUT2D eigenvalue weighted by molar-refractivity contribution is -0.121. The van der Waals surface area contributed by atoms with Crippen LogP contribution in [-0.4, -0.2) is 13.0 Å². The lowest BCUT2D eigenvalue weighted by atomic mass is 10.1. The minimum Gasteiger partial charge on any atom is -0.380 e. The van der Waals surface area contributed by atoms with Crippen LogP contribution in [0.15, 0.2) is 42.5 Å². The highest BCUT2D eigenvalue weighted by Gasteiger charge is 2.06. The minimum absolute atomic E-state index is 0.133. The average Bonchev–Trinajstić information content (AvgIpc) is 2.55. The van der Waals surface area contributed by atoms with Crippen molar-refractivity contribution in [3.8, 4) is 0 Å². The molecule has 0 saturated carbocycles. The molecule has 0 aliphatic rings. The van der Waals surface area contributed by atoms with Gasteiger partial charge in [-0.05, 0) is 35.2 Å². The third-order valence-electron chi connectivity index (χ3n) is 3.42. The van der Waals surface area contributed by atoms with Crippen LogP contribution in [-0.2, 0) is 29.1 Å². The molecule has 0 spiro atoms. The number of ether oxygens (including phenoxy) is 1. The van der Waals surface area contributed by atoms with Crippen molar-refractivity contribution in [1.82, 2.24) is 5.32 Å².